The Bertz CT molecular complexity index is 757. The maximum atomic E-state index is 10.8. The predicted molar refractivity (Wildman–Crippen MR) is 81.7 cm³/mol. The number of rotatable bonds is 4. The molecular weight excluding hydrogens is 304 g/mol. The van der Waals surface area contributed by atoms with E-state index in [2.05, 4.69) is 15.3 Å². The van der Waals surface area contributed by atoms with Gasteiger partial charge in [0.05, 0.1) is 11.8 Å². The molecule has 1 aliphatic rings. The van der Waals surface area contributed by atoms with Crippen molar-refractivity contribution < 1.29 is 14.6 Å². The molecule has 1 unspecified atom stereocenters. The van der Waals surface area contributed by atoms with Gasteiger partial charge in [0.1, 0.15) is 6.10 Å². The first kappa shape index (κ1) is 14.6. The number of H-pyrrole nitrogens is 1. The van der Waals surface area contributed by atoms with E-state index in [1.807, 2.05) is 0 Å². The summed E-state index contributed by atoms with van der Waals surface area (Å²) in [5.74, 6) is -0.304. The van der Waals surface area contributed by atoms with Gasteiger partial charge in [-0.25, -0.2) is 4.79 Å². The van der Waals surface area contributed by atoms with E-state index < -0.39 is 5.97 Å². The number of aromatic carboxylic acids is 1. The minimum Gasteiger partial charge on any atom is -0.478 e. The molecule has 22 heavy (non-hydrogen) atoms. The Kier molecular flexibility index (Phi) is 4.12. The van der Waals surface area contributed by atoms with Crippen molar-refractivity contribution in [3.8, 4) is 0 Å². The van der Waals surface area contributed by atoms with Crippen LogP contribution < -0.4 is 0 Å². The molecule has 1 aliphatic heterocycles. The van der Waals surface area contributed by atoms with Gasteiger partial charge < -0.3 is 9.84 Å². The van der Waals surface area contributed by atoms with Crippen LogP contribution in [0.4, 0.5) is 0 Å². The summed E-state index contributed by atoms with van der Waals surface area (Å²) < 4.78 is 7.53. The zero-order chi connectivity index (χ0) is 15.5. The van der Waals surface area contributed by atoms with Crippen molar-refractivity contribution in [3.63, 3.8) is 0 Å². The zero-order valence-corrected chi connectivity index (χ0v) is 12.4. The molecule has 2 aromatic rings. The molecule has 0 spiro atoms. The number of aromatic nitrogens is 3. The van der Waals surface area contributed by atoms with Crippen LogP contribution >= 0.6 is 12.2 Å². The molecule has 2 heterocycles. The van der Waals surface area contributed by atoms with E-state index in [0.29, 0.717) is 17.2 Å². The average Bonchev–Trinajstić information content (AvgIpc) is 3.15. The minimum atomic E-state index is -0.957. The number of ether oxygens (including phenoxy) is 1. The van der Waals surface area contributed by atoms with Crippen LogP contribution in [0, 0.1) is 4.77 Å². The topological polar surface area (TPSA) is 92.5 Å². The number of carbonyl (C=O) groups is 1. The summed E-state index contributed by atoms with van der Waals surface area (Å²) in [5, 5.41) is 20.1. The predicted octanol–water partition coefficient (Wildman–Crippen LogP) is 2.37. The quantitative estimate of drug-likeness (QED) is 0.667. The average molecular weight is 318 g/mol. The van der Waals surface area contributed by atoms with Gasteiger partial charge in [0.25, 0.3) is 0 Å². The van der Waals surface area contributed by atoms with E-state index in [9.17, 15) is 4.79 Å². The van der Waals surface area contributed by atoms with Crippen LogP contribution in [0.2, 0.25) is 0 Å². The Morgan fingerprint density at radius 2 is 2.27 bits per heavy atom. The van der Waals surface area contributed by atoms with Crippen LogP contribution in [0.5, 0.6) is 0 Å². The highest BCUT2D eigenvalue weighted by Crippen LogP contribution is 2.26. The van der Waals surface area contributed by atoms with E-state index in [0.717, 1.165) is 18.4 Å². The molecule has 1 saturated heterocycles. The first-order chi connectivity index (χ1) is 10.6. The second-order valence-corrected chi connectivity index (χ2v) is 5.26. The molecular formula is C14H14N4O3S. The van der Waals surface area contributed by atoms with E-state index in [4.69, 9.17) is 22.1 Å². The van der Waals surface area contributed by atoms with Gasteiger partial charge in [-0.15, -0.1) is 0 Å². The van der Waals surface area contributed by atoms with Crippen molar-refractivity contribution in [2.24, 2.45) is 5.10 Å². The molecule has 7 nitrogen and oxygen atoms in total. The second-order valence-electron chi connectivity index (χ2n) is 4.87. The Labute approximate surface area is 131 Å². The lowest BCUT2D eigenvalue weighted by Crippen LogP contribution is -2.05. The number of nitrogens with zero attached hydrogens (tertiary/aromatic N) is 3. The molecule has 0 saturated carbocycles. The van der Waals surface area contributed by atoms with Gasteiger partial charge >= 0.3 is 5.97 Å². The number of carboxylic acid groups (broad SMARTS) is 1. The number of nitrogens with one attached hydrogen (secondary N) is 1. The van der Waals surface area contributed by atoms with Crippen LogP contribution in [0.1, 0.15) is 40.7 Å². The lowest BCUT2D eigenvalue weighted by atomic mass is 10.1. The Morgan fingerprint density at radius 3 is 2.91 bits per heavy atom. The van der Waals surface area contributed by atoms with Crippen LogP contribution in [0.15, 0.2) is 29.4 Å². The number of hydrogen-bond acceptors (Lipinski definition) is 5. The third-order valence-electron chi connectivity index (χ3n) is 3.37. The van der Waals surface area contributed by atoms with Gasteiger partial charge in [-0.1, -0.05) is 12.1 Å². The lowest BCUT2D eigenvalue weighted by Gasteiger charge is -2.07. The molecule has 1 fully saturated rings. The fourth-order valence-electron chi connectivity index (χ4n) is 2.24. The summed E-state index contributed by atoms with van der Waals surface area (Å²) in [7, 11) is 0. The highest BCUT2D eigenvalue weighted by atomic mass is 32.1. The normalized spacial score (nSPS) is 18.1. The number of benzene rings is 1. The molecule has 2 N–H and O–H groups in total. The molecule has 8 heteroatoms. The van der Waals surface area contributed by atoms with Gasteiger partial charge in [0.15, 0.2) is 5.82 Å². The largest absolute Gasteiger partial charge is 0.478 e. The van der Waals surface area contributed by atoms with Gasteiger partial charge in [-0.05, 0) is 42.8 Å². The maximum Gasteiger partial charge on any atom is 0.335 e. The van der Waals surface area contributed by atoms with Gasteiger partial charge in [0, 0.05) is 6.61 Å². The summed E-state index contributed by atoms with van der Waals surface area (Å²) in [5.41, 5.74) is 1.00. The van der Waals surface area contributed by atoms with Crippen molar-refractivity contribution in [2.75, 3.05) is 6.61 Å². The van der Waals surface area contributed by atoms with Crippen LogP contribution in [0.25, 0.3) is 0 Å². The van der Waals surface area contributed by atoms with Gasteiger partial charge in [-0.3, -0.25) is 5.10 Å². The summed E-state index contributed by atoms with van der Waals surface area (Å²) in [6.45, 7) is 0.713. The molecule has 0 amide bonds. The highest BCUT2D eigenvalue weighted by molar-refractivity contribution is 7.71. The second kappa shape index (κ2) is 6.20. The van der Waals surface area contributed by atoms with Crippen LogP contribution in [-0.2, 0) is 4.74 Å². The fraction of sp³-hybridized carbons (Fsp3) is 0.286. The monoisotopic (exact) mass is 318 g/mol. The fourth-order valence-corrected chi connectivity index (χ4v) is 2.43. The number of carboxylic acids is 1. The first-order valence-electron chi connectivity index (χ1n) is 6.82. The molecule has 3 rings (SSSR count). The summed E-state index contributed by atoms with van der Waals surface area (Å²) in [6, 6.07) is 6.42. The van der Waals surface area contributed by atoms with Gasteiger partial charge in [-0.2, -0.15) is 14.9 Å². The van der Waals surface area contributed by atoms with Gasteiger partial charge in [0.2, 0.25) is 4.77 Å². The van der Waals surface area contributed by atoms with Crippen LogP contribution in [0.3, 0.4) is 0 Å². The Balaban J connectivity index is 1.84. The third kappa shape index (κ3) is 2.97. The maximum absolute atomic E-state index is 10.8. The van der Waals surface area contributed by atoms with E-state index >= 15 is 0 Å². The molecule has 0 radical (unpaired) electrons. The lowest BCUT2D eigenvalue weighted by molar-refractivity contribution is 0.0697. The first-order valence-corrected chi connectivity index (χ1v) is 7.22. The van der Waals surface area contributed by atoms with Crippen molar-refractivity contribution in [1.82, 2.24) is 14.9 Å². The third-order valence-corrected chi connectivity index (χ3v) is 3.64. The molecule has 1 atom stereocenters. The summed E-state index contributed by atoms with van der Waals surface area (Å²) >= 11 is 5.18. The smallest absolute Gasteiger partial charge is 0.335 e. The standard InChI is InChI=1S/C14H14N4O3S/c19-13(20)10-5-3-9(4-6-10)8-15-18-12(16-17-14(18)22)11-2-1-7-21-11/h3-6,8,11H,1-2,7H2,(H,17,22)(H,19,20)/b15-8-. The van der Waals surface area contributed by atoms with Crippen molar-refractivity contribution in [1.29, 1.82) is 0 Å². The van der Waals surface area contributed by atoms with Crippen molar-refractivity contribution >= 4 is 24.4 Å². The zero-order valence-electron chi connectivity index (χ0n) is 11.6. The highest BCUT2D eigenvalue weighted by Gasteiger charge is 2.23. The summed E-state index contributed by atoms with van der Waals surface area (Å²) in [6.07, 6.45) is 3.39. The summed E-state index contributed by atoms with van der Waals surface area (Å²) in [4.78, 5) is 10.8. The number of hydrogen-bond donors (Lipinski definition) is 2. The minimum absolute atomic E-state index is 0.0977. The molecule has 1 aromatic carbocycles. The molecule has 0 aliphatic carbocycles. The Morgan fingerprint density at radius 1 is 1.50 bits per heavy atom. The van der Waals surface area contributed by atoms with E-state index in [1.54, 1.807) is 18.3 Å². The van der Waals surface area contributed by atoms with E-state index in [-0.39, 0.29) is 11.7 Å². The molecule has 1 aromatic heterocycles. The van der Waals surface area contributed by atoms with Crippen molar-refractivity contribution in [3.05, 3.63) is 46.0 Å². The SMILES string of the molecule is O=C(O)c1ccc(/C=N\n2c(C3CCCO3)n[nH]c2=S)cc1. The molecule has 114 valence electrons. The number of aromatic amines is 1. The Hall–Kier alpha value is -2.32. The molecule has 0 bridgehead atoms. The van der Waals surface area contributed by atoms with E-state index in [1.165, 1.54) is 16.8 Å². The van der Waals surface area contributed by atoms with Crippen LogP contribution in [-0.4, -0.2) is 38.8 Å². The van der Waals surface area contributed by atoms with Crippen molar-refractivity contribution in [2.45, 2.75) is 18.9 Å².